The van der Waals surface area contributed by atoms with E-state index in [4.69, 9.17) is 16.6 Å². The number of hydrogen-bond acceptors (Lipinski definition) is 3. The standard InChI is InChI=1S/C21H22ClN3/c1-4-5-15-8-12(2)19(14-6-7-14)20(21(15)22)17-9-16-10-23-13(3)25-18(16)11-24-17/h8-11,14H,4-7H2,1-3H3. The third-order valence-corrected chi connectivity index (χ3v) is 5.37. The van der Waals surface area contributed by atoms with Gasteiger partial charge in [-0.3, -0.25) is 4.98 Å². The molecule has 0 bridgehead atoms. The Morgan fingerprint density at radius 1 is 1.12 bits per heavy atom. The summed E-state index contributed by atoms with van der Waals surface area (Å²) in [6, 6.07) is 4.35. The Bertz CT molecular complexity index is 961. The summed E-state index contributed by atoms with van der Waals surface area (Å²) in [5.74, 6) is 1.38. The van der Waals surface area contributed by atoms with Crippen LogP contribution >= 0.6 is 11.6 Å². The lowest BCUT2D eigenvalue weighted by atomic mass is 9.91. The van der Waals surface area contributed by atoms with Gasteiger partial charge in [-0.1, -0.05) is 31.0 Å². The molecule has 1 fully saturated rings. The van der Waals surface area contributed by atoms with E-state index in [2.05, 4.69) is 35.9 Å². The molecule has 3 aromatic rings. The van der Waals surface area contributed by atoms with E-state index in [1.807, 2.05) is 19.3 Å². The van der Waals surface area contributed by atoms with Crippen LogP contribution in [-0.4, -0.2) is 15.0 Å². The maximum absolute atomic E-state index is 6.88. The summed E-state index contributed by atoms with van der Waals surface area (Å²) in [6.45, 7) is 6.29. The molecule has 0 spiro atoms. The number of pyridine rings is 1. The molecule has 1 aliphatic carbocycles. The van der Waals surface area contributed by atoms with Crippen LogP contribution < -0.4 is 0 Å². The molecular weight excluding hydrogens is 330 g/mol. The summed E-state index contributed by atoms with van der Waals surface area (Å²) in [6.07, 6.45) is 8.28. The summed E-state index contributed by atoms with van der Waals surface area (Å²) >= 11 is 6.88. The fourth-order valence-electron chi connectivity index (χ4n) is 3.64. The van der Waals surface area contributed by atoms with Crippen molar-refractivity contribution < 1.29 is 0 Å². The van der Waals surface area contributed by atoms with Crippen molar-refractivity contribution in [3.05, 3.63) is 52.1 Å². The van der Waals surface area contributed by atoms with Gasteiger partial charge in [0.15, 0.2) is 0 Å². The van der Waals surface area contributed by atoms with Crippen LogP contribution in [0, 0.1) is 13.8 Å². The molecule has 0 atom stereocenters. The number of rotatable bonds is 4. The molecule has 0 unspecified atom stereocenters. The maximum atomic E-state index is 6.88. The molecule has 25 heavy (non-hydrogen) atoms. The minimum absolute atomic E-state index is 0.620. The number of benzene rings is 1. The van der Waals surface area contributed by atoms with Gasteiger partial charge in [0.05, 0.1) is 22.4 Å². The number of halogens is 1. The van der Waals surface area contributed by atoms with Crippen LogP contribution in [0.25, 0.3) is 22.2 Å². The first-order chi connectivity index (χ1) is 12.1. The third-order valence-electron chi connectivity index (χ3n) is 4.93. The molecule has 1 aromatic carbocycles. The number of aromatic nitrogens is 3. The van der Waals surface area contributed by atoms with Crippen molar-refractivity contribution in [3.8, 4) is 11.3 Å². The Kier molecular flexibility index (Phi) is 4.20. The summed E-state index contributed by atoms with van der Waals surface area (Å²) < 4.78 is 0. The van der Waals surface area contributed by atoms with Gasteiger partial charge in [-0.2, -0.15) is 0 Å². The lowest BCUT2D eigenvalue weighted by Gasteiger charge is -2.18. The molecule has 4 rings (SSSR count). The van der Waals surface area contributed by atoms with E-state index in [9.17, 15) is 0 Å². The second kappa shape index (κ2) is 6.38. The van der Waals surface area contributed by atoms with E-state index < -0.39 is 0 Å². The highest BCUT2D eigenvalue weighted by Crippen LogP contribution is 2.49. The minimum atomic E-state index is 0.620. The van der Waals surface area contributed by atoms with E-state index >= 15 is 0 Å². The Morgan fingerprint density at radius 2 is 1.92 bits per heavy atom. The molecule has 1 saturated carbocycles. The van der Waals surface area contributed by atoms with Crippen molar-refractivity contribution in [2.24, 2.45) is 0 Å². The molecule has 3 nitrogen and oxygen atoms in total. The average Bonchev–Trinajstić information content (AvgIpc) is 3.42. The SMILES string of the molecule is CCCc1cc(C)c(C2CC2)c(-c2cc3cnc(C)nc3cn2)c1Cl. The van der Waals surface area contributed by atoms with Gasteiger partial charge in [-0.25, -0.2) is 9.97 Å². The van der Waals surface area contributed by atoms with E-state index in [0.717, 1.165) is 45.8 Å². The van der Waals surface area contributed by atoms with Crippen LogP contribution in [0.5, 0.6) is 0 Å². The Balaban J connectivity index is 1.95. The maximum Gasteiger partial charge on any atom is 0.125 e. The summed E-state index contributed by atoms with van der Waals surface area (Å²) in [7, 11) is 0. The number of fused-ring (bicyclic) bond motifs is 1. The highest BCUT2D eigenvalue weighted by molar-refractivity contribution is 6.34. The van der Waals surface area contributed by atoms with Crippen LogP contribution in [0.4, 0.5) is 0 Å². The topological polar surface area (TPSA) is 38.7 Å². The van der Waals surface area contributed by atoms with Crippen molar-refractivity contribution >= 4 is 22.5 Å². The van der Waals surface area contributed by atoms with Gasteiger partial charge in [0.25, 0.3) is 0 Å². The molecule has 0 radical (unpaired) electrons. The second-order valence-electron chi connectivity index (χ2n) is 7.03. The molecule has 0 saturated heterocycles. The molecule has 2 aromatic heterocycles. The monoisotopic (exact) mass is 351 g/mol. The highest BCUT2D eigenvalue weighted by Gasteiger charge is 2.30. The van der Waals surface area contributed by atoms with Crippen molar-refractivity contribution in [2.75, 3.05) is 0 Å². The fourth-order valence-corrected chi connectivity index (χ4v) is 3.99. The predicted octanol–water partition coefficient (Wildman–Crippen LogP) is 5.79. The van der Waals surface area contributed by atoms with Gasteiger partial charge in [0, 0.05) is 17.1 Å². The Hall–Kier alpha value is -2.00. The van der Waals surface area contributed by atoms with E-state index in [0.29, 0.717) is 5.92 Å². The van der Waals surface area contributed by atoms with Crippen LogP contribution in [0.15, 0.2) is 24.5 Å². The van der Waals surface area contributed by atoms with Crippen molar-refractivity contribution in [1.82, 2.24) is 15.0 Å². The number of nitrogens with zero attached hydrogens (tertiary/aromatic N) is 3. The van der Waals surface area contributed by atoms with Gasteiger partial charge in [-0.15, -0.1) is 0 Å². The first-order valence-corrected chi connectivity index (χ1v) is 9.38. The van der Waals surface area contributed by atoms with Gasteiger partial charge in [0.2, 0.25) is 0 Å². The molecule has 4 heteroatoms. The molecule has 2 heterocycles. The van der Waals surface area contributed by atoms with Gasteiger partial charge in [-0.05, 0) is 61.8 Å². The number of hydrogen-bond donors (Lipinski definition) is 0. The molecule has 128 valence electrons. The molecule has 0 N–H and O–H groups in total. The van der Waals surface area contributed by atoms with Crippen molar-refractivity contribution in [3.63, 3.8) is 0 Å². The quantitative estimate of drug-likeness (QED) is 0.597. The lowest BCUT2D eigenvalue weighted by molar-refractivity contribution is 0.917. The first kappa shape index (κ1) is 16.5. The van der Waals surface area contributed by atoms with Crippen molar-refractivity contribution in [2.45, 2.75) is 52.4 Å². The lowest BCUT2D eigenvalue weighted by Crippen LogP contribution is -2.00. The molecule has 0 aliphatic heterocycles. The van der Waals surface area contributed by atoms with Gasteiger partial charge < -0.3 is 0 Å². The zero-order valence-electron chi connectivity index (χ0n) is 14.9. The fraction of sp³-hybridized carbons (Fsp3) is 0.381. The van der Waals surface area contributed by atoms with Crippen LogP contribution in [-0.2, 0) is 6.42 Å². The van der Waals surface area contributed by atoms with E-state index in [1.165, 1.54) is 29.5 Å². The van der Waals surface area contributed by atoms with Crippen LogP contribution in [0.1, 0.15) is 54.6 Å². The second-order valence-corrected chi connectivity index (χ2v) is 7.40. The third kappa shape index (κ3) is 3.02. The predicted molar refractivity (Wildman–Crippen MR) is 103 cm³/mol. The van der Waals surface area contributed by atoms with E-state index in [-0.39, 0.29) is 0 Å². The molecular formula is C21H22ClN3. The summed E-state index contributed by atoms with van der Waals surface area (Å²) in [5, 5.41) is 1.88. The number of aryl methyl sites for hydroxylation is 3. The van der Waals surface area contributed by atoms with E-state index in [1.54, 1.807) is 0 Å². The minimum Gasteiger partial charge on any atom is -0.254 e. The normalized spacial score (nSPS) is 14.2. The summed E-state index contributed by atoms with van der Waals surface area (Å²) in [4.78, 5) is 13.5. The zero-order valence-corrected chi connectivity index (χ0v) is 15.7. The van der Waals surface area contributed by atoms with Crippen LogP contribution in [0.2, 0.25) is 5.02 Å². The summed E-state index contributed by atoms with van der Waals surface area (Å²) in [5.41, 5.74) is 6.88. The molecule has 0 amide bonds. The Labute approximate surface area is 153 Å². The largest absolute Gasteiger partial charge is 0.254 e. The van der Waals surface area contributed by atoms with Crippen LogP contribution in [0.3, 0.4) is 0 Å². The van der Waals surface area contributed by atoms with Gasteiger partial charge in [0.1, 0.15) is 5.82 Å². The average molecular weight is 352 g/mol. The zero-order chi connectivity index (χ0) is 17.6. The first-order valence-electron chi connectivity index (χ1n) is 9.00. The smallest absolute Gasteiger partial charge is 0.125 e. The van der Waals surface area contributed by atoms with Gasteiger partial charge >= 0.3 is 0 Å². The Morgan fingerprint density at radius 3 is 2.64 bits per heavy atom. The molecule has 1 aliphatic rings. The highest BCUT2D eigenvalue weighted by atomic mass is 35.5. The van der Waals surface area contributed by atoms with Crippen molar-refractivity contribution in [1.29, 1.82) is 0 Å².